The van der Waals surface area contributed by atoms with Crippen LogP contribution in [0.25, 0.3) is 10.2 Å². The summed E-state index contributed by atoms with van der Waals surface area (Å²) in [7, 11) is 2.07. The molecule has 2 aliphatic heterocycles. The van der Waals surface area contributed by atoms with Gasteiger partial charge in [-0.25, -0.2) is 9.78 Å². The molecule has 0 spiro atoms. The molecule has 8 nitrogen and oxygen atoms in total. The lowest BCUT2D eigenvalue weighted by molar-refractivity contribution is 0.0917. The smallest absolute Gasteiger partial charge is 0.331 e. The maximum atomic E-state index is 13.5. The number of nitrogens with zero attached hydrogens (tertiary/aromatic N) is 3. The molecule has 4 aromatic rings. The Balaban J connectivity index is 1.32. The molecule has 0 unspecified atom stereocenters. The van der Waals surface area contributed by atoms with Gasteiger partial charge in [0.05, 0.1) is 22.4 Å². The molecule has 1 saturated heterocycles. The Labute approximate surface area is 231 Å². The highest BCUT2D eigenvalue weighted by molar-refractivity contribution is 7.21. The van der Waals surface area contributed by atoms with Crippen LogP contribution in [0.5, 0.6) is 11.5 Å². The number of nitrogens with one attached hydrogen (secondary N) is 2. The second-order valence-corrected chi connectivity index (χ2v) is 11.2. The van der Waals surface area contributed by atoms with Gasteiger partial charge in [0.2, 0.25) is 0 Å². The van der Waals surface area contributed by atoms with Crippen LogP contribution in [0.3, 0.4) is 0 Å². The molecule has 9 heteroatoms. The molecule has 6 rings (SSSR count). The number of pyridine rings is 1. The van der Waals surface area contributed by atoms with Crippen LogP contribution in [0, 0.1) is 6.92 Å². The summed E-state index contributed by atoms with van der Waals surface area (Å²) in [4.78, 5) is 36.5. The van der Waals surface area contributed by atoms with E-state index in [2.05, 4.69) is 40.6 Å². The number of anilines is 3. The van der Waals surface area contributed by atoms with Crippen LogP contribution in [-0.2, 0) is 6.42 Å². The molecule has 2 aliphatic rings. The van der Waals surface area contributed by atoms with Crippen molar-refractivity contribution in [1.29, 1.82) is 0 Å². The van der Waals surface area contributed by atoms with Gasteiger partial charge in [-0.3, -0.25) is 9.69 Å². The van der Waals surface area contributed by atoms with E-state index < -0.39 is 0 Å². The topological polar surface area (TPSA) is 86.8 Å². The maximum absolute atomic E-state index is 13.5. The number of carbonyl (C=O) groups is 2. The molecule has 0 bridgehead atoms. The summed E-state index contributed by atoms with van der Waals surface area (Å²) < 4.78 is 6.19. The number of benzene rings is 2. The average Bonchev–Trinajstić information content (AvgIpc) is 3.29. The Morgan fingerprint density at radius 1 is 1.21 bits per heavy atom. The van der Waals surface area contributed by atoms with E-state index >= 15 is 0 Å². The molecule has 200 valence electrons. The molecular weight excluding hydrogens is 510 g/mol. The molecule has 4 heterocycles. The lowest BCUT2D eigenvalue weighted by Crippen LogP contribution is -2.46. The van der Waals surface area contributed by atoms with E-state index in [9.17, 15) is 9.59 Å². The van der Waals surface area contributed by atoms with Crippen LogP contribution >= 0.6 is 11.3 Å². The third kappa shape index (κ3) is 4.72. The molecule has 2 N–H and O–H groups in total. The third-order valence-electron chi connectivity index (χ3n) is 7.40. The number of piperidine rings is 1. The molecule has 1 fully saturated rings. The van der Waals surface area contributed by atoms with Crippen molar-refractivity contribution in [3.63, 3.8) is 0 Å². The van der Waals surface area contributed by atoms with Crippen molar-refractivity contribution in [3.8, 4) is 11.5 Å². The highest BCUT2D eigenvalue weighted by atomic mass is 32.1. The van der Waals surface area contributed by atoms with Crippen molar-refractivity contribution in [2.75, 3.05) is 30.4 Å². The van der Waals surface area contributed by atoms with Gasteiger partial charge in [-0.1, -0.05) is 25.1 Å². The number of rotatable bonds is 6. The number of likely N-dealkylation sites (N-methyl/N-ethyl adjacent to an activating group) is 1. The fourth-order valence-electron chi connectivity index (χ4n) is 5.48. The van der Waals surface area contributed by atoms with E-state index in [1.54, 1.807) is 11.1 Å². The first kappa shape index (κ1) is 25.3. The number of urea groups is 1. The molecule has 2 aromatic carbocycles. The van der Waals surface area contributed by atoms with Crippen molar-refractivity contribution < 1.29 is 14.3 Å². The highest BCUT2D eigenvalue weighted by Crippen LogP contribution is 2.46. The fourth-order valence-corrected chi connectivity index (χ4v) is 6.51. The normalized spacial score (nSPS) is 17.3. The number of amides is 3. The van der Waals surface area contributed by atoms with Gasteiger partial charge in [0.15, 0.2) is 0 Å². The minimum atomic E-state index is -0.312. The minimum Gasteiger partial charge on any atom is -0.457 e. The number of hydrogen-bond donors (Lipinski definition) is 2. The van der Waals surface area contributed by atoms with Gasteiger partial charge >= 0.3 is 6.03 Å². The van der Waals surface area contributed by atoms with E-state index in [-0.39, 0.29) is 18.0 Å². The van der Waals surface area contributed by atoms with Gasteiger partial charge in [-0.15, -0.1) is 11.3 Å². The standard InChI is InChI=1S/C30H31N5O3S/c1-4-19-8-5-6-10-24(19)38-21-11-12-22(18(2)16-21)35-23-13-14-31-29-25(23)26(33-30(35)37)27(39-29)28(36)32-20-9-7-15-34(3)17-20/h5-6,8,10-14,16,20H,4,7,9,15,17H2,1-3H3,(H,32,36)(H,33,37)/t20-/m1/s1. The zero-order valence-electron chi connectivity index (χ0n) is 22.3. The summed E-state index contributed by atoms with van der Waals surface area (Å²) in [6, 6.07) is 15.3. The second-order valence-electron chi connectivity index (χ2n) is 10.2. The molecule has 39 heavy (non-hydrogen) atoms. The minimum absolute atomic E-state index is 0.0876. The number of carbonyl (C=O) groups excluding carboxylic acids is 2. The molecule has 0 radical (unpaired) electrons. The van der Waals surface area contributed by atoms with Crippen molar-refractivity contribution in [1.82, 2.24) is 15.2 Å². The number of hydrogen-bond acceptors (Lipinski definition) is 6. The van der Waals surface area contributed by atoms with Crippen LogP contribution in [0.1, 0.15) is 40.6 Å². The molecule has 0 saturated carbocycles. The lowest BCUT2D eigenvalue weighted by atomic mass is 10.1. The second kappa shape index (κ2) is 10.3. The van der Waals surface area contributed by atoms with Crippen molar-refractivity contribution in [2.24, 2.45) is 0 Å². The first-order valence-corrected chi connectivity index (χ1v) is 14.1. The zero-order chi connectivity index (χ0) is 27.1. The van der Waals surface area contributed by atoms with Crippen LogP contribution in [-0.4, -0.2) is 48.0 Å². The van der Waals surface area contributed by atoms with Gasteiger partial charge in [0.25, 0.3) is 5.91 Å². The average molecular weight is 542 g/mol. The number of para-hydroxylation sites is 1. The Morgan fingerprint density at radius 2 is 2.05 bits per heavy atom. The first-order valence-electron chi connectivity index (χ1n) is 13.3. The molecule has 3 amide bonds. The Kier molecular flexibility index (Phi) is 6.70. The van der Waals surface area contributed by atoms with Crippen LogP contribution in [0.4, 0.5) is 21.9 Å². The first-order chi connectivity index (χ1) is 18.9. The summed E-state index contributed by atoms with van der Waals surface area (Å²) in [5.41, 5.74) is 4.01. The summed E-state index contributed by atoms with van der Waals surface area (Å²) in [5, 5.41) is 6.95. The third-order valence-corrected chi connectivity index (χ3v) is 8.50. The Hall–Kier alpha value is -3.95. The van der Waals surface area contributed by atoms with E-state index in [1.165, 1.54) is 11.3 Å². The van der Waals surface area contributed by atoms with Crippen LogP contribution in [0.2, 0.25) is 0 Å². The van der Waals surface area contributed by atoms with E-state index in [1.807, 2.05) is 49.4 Å². The summed E-state index contributed by atoms with van der Waals surface area (Å²) >= 11 is 1.31. The molecule has 1 atom stereocenters. The van der Waals surface area contributed by atoms with Crippen LogP contribution in [0.15, 0.2) is 54.7 Å². The van der Waals surface area contributed by atoms with Gasteiger partial charge < -0.3 is 20.3 Å². The van der Waals surface area contributed by atoms with E-state index in [0.717, 1.165) is 60.3 Å². The molecule has 2 aromatic heterocycles. The van der Waals surface area contributed by atoms with Crippen molar-refractivity contribution in [3.05, 3.63) is 70.7 Å². The number of thiophene rings is 1. The van der Waals surface area contributed by atoms with Crippen molar-refractivity contribution >= 4 is 50.6 Å². The maximum Gasteiger partial charge on any atom is 0.331 e. The summed E-state index contributed by atoms with van der Waals surface area (Å²) in [6.45, 7) is 5.92. The number of ether oxygens (including phenoxy) is 1. The van der Waals surface area contributed by atoms with Crippen LogP contribution < -0.4 is 20.3 Å². The predicted octanol–water partition coefficient (Wildman–Crippen LogP) is 6.47. The SMILES string of the molecule is CCc1ccccc1Oc1ccc(N2C(=O)Nc3c(C(=O)N[C@@H]4CCCN(C)C4)sc4nccc2c34)c(C)c1. The van der Waals surface area contributed by atoms with Gasteiger partial charge in [-0.05, 0) is 81.2 Å². The molecular formula is C30H31N5O3S. The predicted molar refractivity (Wildman–Crippen MR) is 156 cm³/mol. The van der Waals surface area contributed by atoms with Gasteiger partial charge in [0, 0.05) is 18.8 Å². The monoisotopic (exact) mass is 541 g/mol. The molecule has 0 aliphatic carbocycles. The number of aromatic nitrogens is 1. The quantitative estimate of drug-likeness (QED) is 0.292. The number of likely N-dealkylation sites (tertiary alicyclic amines) is 1. The highest BCUT2D eigenvalue weighted by Gasteiger charge is 2.34. The van der Waals surface area contributed by atoms with E-state index in [4.69, 9.17) is 4.74 Å². The van der Waals surface area contributed by atoms with Gasteiger partial charge in [0.1, 0.15) is 21.2 Å². The Bertz CT molecular complexity index is 1580. The fraction of sp³-hybridized carbons (Fsp3) is 0.300. The summed E-state index contributed by atoms with van der Waals surface area (Å²) in [6.07, 6.45) is 4.56. The van der Waals surface area contributed by atoms with Crippen molar-refractivity contribution in [2.45, 2.75) is 39.2 Å². The van der Waals surface area contributed by atoms with E-state index in [0.29, 0.717) is 26.8 Å². The summed E-state index contributed by atoms with van der Waals surface area (Å²) in [5.74, 6) is 1.36. The lowest BCUT2D eigenvalue weighted by Gasteiger charge is -2.31. The number of aryl methyl sites for hydroxylation is 2. The zero-order valence-corrected chi connectivity index (χ0v) is 23.1. The van der Waals surface area contributed by atoms with Gasteiger partial charge in [-0.2, -0.15) is 0 Å². The largest absolute Gasteiger partial charge is 0.457 e. The Morgan fingerprint density at radius 3 is 2.85 bits per heavy atom.